The molecule has 14 heteroatoms. The minimum Gasteiger partial charge on any atom is -0.364 e. The third kappa shape index (κ3) is 6.56. The van der Waals surface area contributed by atoms with Crippen LogP contribution in [0.25, 0.3) is 11.1 Å². The van der Waals surface area contributed by atoms with Crippen LogP contribution in [0.5, 0.6) is 0 Å². The Morgan fingerprint density at radius 3 is 2.44 bits per heavy atom. The molecule has 0 spiro atoms. The fraction of sp³-hybridized carbons (Fsp3) is 0.475. The number of likely N-dealkylation sites (tertiary alicyclic amines) is 1. The average molecular weight is 730 g/mol. The van der Waals surface area contributed by atoms with Crippen molar-refractivity contribution in [3.63, 3.8) is 0 Å². The van der Waals surface area contributed by atoms with Crippen molar-refractivity contribution in [3.05, 3.63) is 70.9 Å². The topological polar surface area (TPSA) is 154 Å². The maximum atomic E-state index is 13.3. The highest BCUT2D eigenvalue weighted by Gasteiger charge is 2.39. The van der Waals surface area contributed by atoms with E-state index in [-0.39, 0.29) is 47.5 Å². The SMILES string of the molecule is CCC1c2c(cnn2C2CN(Cc3cc(C4CC4)cc(C(=O)N(C)C)n3)C2)-c2cccc(Nc3cc(NC(=O)C4CC4)nnc3C(=O)NC3CC3)c2N1C. The number of hydrogen-bond acceptors (Lipinski definition) is 10. The van der Waals surface area contributed by atoms with Gasteiger partial charge in [0.05, 0.1) is 46.7 Å². The second-order valence-corrected chi connectivity index (χ2v) is 15.9. The lowest BCUT2D eigenvalue weighted by Gasteiger charge is -2.43. The zero-order chi connectivity index (χ0) is 37.2. The molecule has 3 aliphatic carbocycles. The number of amides is 3. The molecule has 0 radical (unpaired) electrons. The van der Waals surface area contributed by atoms with Crippen molar-refractivity contribution < 1.29 is 14.4 Å². The van der Waals surface area contributed by atoms with E-state index < -0.39 is 0 Å². The number of carbonyl (C=O) groups excluding carboxylic acids is 3. The fourth-order valence-corrected chi connectivity index (χ4v) is 7.91. The Morgan fingerprint density at radius 2 is 1.74 bits per heavy atom. The number of hydrogen-bond donors (Lipinski definition) is 3. The first kappa shape index (κ1) is 34.4. The molecule has 4 fully saturated rings. The molecule has 1 saturated heterocycles. The van der Waals surface area contributed by atoms with Crippen LogP contribution in [0.2, 0.25) is 0 Å². The summed E-state index contributed by atoms with van der Waals surface area (Å²) in [4.78, 5) is 49.8. The van der Waals surface area contributed by atoms with Crippen molar-refractivity contribution in [1.29, 1.82) is 0 Å². The van der Waals surface area contributed by atoms with Gasteiger partial charge in [-0.3, -0.25) is 24.0 Å². The molecule has 3 aromatic heterocycles. The number of carbonyl (C=O) groups is 3. The quantitative estimate of drug-likeness (QED) is 0.176. The number of pyridine rings is 1. The van der Waals surface area contributed by atoms with Crippen molar-refractivity contribution in [2.45, 2.75) is 82.5 Å². The first-order valence-corrected chi connectivity index (χ1v) is 19.3. The monoisotopic (exact) mass is 729 g/mol. The van der Waals surface area contributed by atoms with Gasteiger partial charge in [-0.2, -0.15) is 5.10 Å². The van der Waals surface area contributed by atoms with Crippen LogP contribution in [0.1, 0.15) is 108 Å². The molecule has 3 saturated carbocycles. The molecule has 5 aliphatic rings. The van der Waals surface area contributed by atoms with Crippen molar-refractivity contribution in [1.82, 2.24) is 40.1 Å². The molecule has 54 heavy (non-hydrogen) atoms. The molecule has 4 aromatic rings. The summed E-state index contributed by atoms with van der Waals surface area (Å²) in [5, 5.41) is 23.0. The molecule has 280 valence electrons. The van der Waals surface area contributed by atoms with Crippen LogP contribution in [-0.4, -0.2) is 92.8 Å². The predicted molar refractivity (Wildman–Crippen MR) is 205 cm³/mol. The fourth-order valence-electron chi connectivity index (χ4n) is 7.91. The van der Waals surface area contributed by atoms with Gasteiger partial charge in [0.1, 0.15) is 5.69 Å². The van der Waals surface area contributed by atoms with Crippen molar-refractivity contribution in [2.24, 2.45) is 5.92 Å². The minimum atomic E-state index is -0.288. The maximum absolute atomic E-state index is 13.3. The van der Waals surface area contributed by atoms with Crippen LogP contribution in [0.4, 0.5) is 22.9 Å². The molecule has 0 bridgehead atoms. The summed E-state index contributed by atoms with van der Waals surface area (Å²) in [6.45, 7) is 4.58. The van der Waals surface area contributed by atoms with E-state index in [1.165, 1.54) is 24.1 Å². The molecule has 1 unspecified atom stereocenters. The number of benzene rings is 1. The van der Waals surface area contributed by atoms with Gasteiger partial charge in [0, 0.05) is 69.9 Å². The van der Waals surface area contributed by atoms with E-state index in [2.05, 4.69) is 66.7 Å². The van der Waals surface area contributed by atoms with Crippen LogP contribution in [0.15, 0.2) is 42.6 Å². The Kier molecular flexibility index (Phi) is 8.59. The lowest BCUT2D eigenvalue weighted by atomic mass is 9.91. The zero-order valence-corrected chi connectivity index (χ0v) is 31.3. The number of anilines is 4. The van der Waals surface area contributed by atoms with Gasteiger partial charge in [-0.1, -0.05) is 19.1 Å². The highest BCUT2D eigenvalue weighted by Crippen LogP contribution is 2.50. The van der Waals surface area contributed by atoms with E-state index in [0.717, 1.165) is 73.4 Å². The molecule has 9 rings (SSSR count). The Labute approximate surface area is 314 Å². The van der Waals surface area contributed by atoms with E-state index in [1.807, 2.05) is 24.4 Å². The van der Waals surface area contributed by atoms with Crippen LogP contribution in [0, 0.1) is 5.92 Å². The van der Waals surface area contributed by atoms with Crippen molar-refractivity contribution in [3.8, 4) is 11.1 Å². The second-order valence-electron chi connectivity index (χ2n) is 15.9. The summed E-state index contributed by atoms with van der Waals surface area (Å²) in [5.74, 6) is 0.439. The van der Waals surface area contributed by atoms with Crippen LogP contribution < -0.4 is 20.9 Å². The first-order chi connectivity index (χ1) is 26.1. The van der Waals surface area contributed by atoms with Gasteiger partial charge in [-0.25, -0.2) is 4.98 Å². The number of aromatic nitrogens is 5. The van der Waals surface area contributed by atoms with Gasteiger partial charge in [-0.05, 0) is 74.6 Å². The third-order valence-corrected chi connectivity index (χ3v) is 11.3. The molecule has 1 atom stereocenters. The number of fused-ring (bicyclic) bond motifs is 3. The smallest absolute Gasteiger partial charge is 0.274 e. The standard InChI is InChI=1S/C40H47N11O3/c1-5-33-37-29(18-41-51(37)27-20-50(21-27)19-26-15-24(22-9-10-22)16-32(42-26)40(54)48(2)3)28-7-6-8-30(36(28)49(33)4)44-31-17-34(45-38(52)23-11-12-23)46-47-35(31)39(53)43-25-13-14-25/h6-8,15-18,22-23,25,27,33H,5,9-14,19-21H2,1-4H3,(H,43,53)(H2,44,45,46,52). The minimum absolute atomic E-state index is 0.00852. The number of nitrogens with zero attached hydrogens (tertiary/aromatic N) is 8. The molecule has 14 nitrogen and oxygen atoms in total. The highest BCUT2D eigenvalue weighted by atomic mass is 16.2. The van der Waals surface area contributed by atoms with Crippen molar-refractivity contribution in [2.75, 3.05) is 49.8 Å². The summed E-state index contributed by atoms with van der Waals surface area (Å²) in [6, 6.07) is 12.5. The number of para-hydroxylation sites is 1. The summed E-state index contributed by atoms with van der Waals surface area (Å²) in [5.41, 5.74) is 8.54. The molecule has 3 amide bonds. The first-order valence-electron chi connectivity index (χ1n) is 19.3. The Bertz CT molecular complexity index is 2150. The van der Waals surface area contributed by atoms with Crippen LogP contribution in [-0.2, 0) is 11.3 Å². The molecular weight excluding hydrogens is 683 g/mol. The number of nitrogens with one attached hydrogen (secondary N) is 3. The molecule has 1 aromatic carbocycles. The highest BCUT2D eigenvalue weighted by molar-refractivity contribution is 6.01. The van der Waals surface area contributed by atoms with Gasteiger partial charge in [0.15, 0.2) is 11.5 Å². The van der Waals surface area contributed by atoms with E-state index in [4.69, 9.17) is 10.1 Å². The summed E-state index contributed by atoms with van der Waals surface area (Å²) < 4.78 is 2.22. The summed E-state index contributed by atoms with van der Waals surface area (Å²) >= 11 is 0. The maximum Gasteiger partial charge on any atom is 0.274 e. The van der Waals surface area contributed by atoms with Gasteiger partial charge in [0.25, 0.3) is 11.8 Å². The lowest BCUT2D eigenvalue weighted by Crippen LogP contribution is -2.48. The van der Waals surface area contributed by atoms with Gasteiger partial charge in [0.2, 0.25) is 5.91 Å². The average Bonchev–Trinajstić information content (AvgIpc) is 4.00. The Morgan fingerprint density at radius 1 is 0.944 bits per heavy atom. The molecule has 2 aliphatic heterocycles. The van der Waals surface area contributed by atoms with Gasteiger partial charge in [-0.15, -0.1) is 10.2 Å². The lowest BCUT2D eigenvalue weighted by molar-refractivity contribution is -0.117. The third-order valence-electron chi connectivity index (χ3n) is 11.3. The zero-order valence-electron chi connectivity index (χ0n) is 31.3. The molecular formula is C40H47N11O3. The Hall–Kier alpha value is -5.37. The van der Waals surface area contributed by atoms with E-state index in [9.17, 15) is 14.4 Å². The van der Waals surface area contributed by atoms with Gasteiger partial charge >= 0.3 is 0 Å². The Balaban J connectivity index is 0.976. The van der Waals surface area contributed by atoms with Crippen LogP contribution >= 0.6 is 0 Å². The van der Waals surface area contributed by atoms with E-state index in [0.29, 0.717) is 29.7 Å². The molecule has 3 N–H and O–H groups in total. The van der Waals surface area contributed by atoms with Crippen LogP contribution in [0.3, 0.4) is 0 Å². The summed E-state index contributed by atoms with van der Waals surface area (Å²) in [7, 11) is 5.66. The largest absolute Gasteiger partial charge is 0.364 e. The summed E-state index contributed by atoms with van der Waals surface area (Å²) in [6.07, 6.45) is 8.84. The predicted octanol–water partition coefficient (Wildman–Crippen LogP) is 5.26. The normalized spacial score (nSPS) is 19.4. The van der Waals surface area contributed by atoms with E-state index >= 15 is 0 Å². The number of rotatable bonds is 12. The molecule has 5 heterocycles. The van der Waals surface area contributed by atoms with Gasteiger partial charge < -0.3 is 25.8 Å². The van der Waals surface area contributed by atoms with E-state index in [1.54, 1.807) is 25.1 Å². The second kappa shape index (κ2) is 13.5. The van der Waals surface area contributed by atoms with Crippen molar-refractivity contribution >= 4 is 40.6 Å².